The van der Waals surface area contributed by atoms with Gasteiger partial charge in [0.2, 0.25) is 0 Å². The van der Waals surface area contributed by atoms with Gasteiger partial charge in [-0.05, 0) is 0 Å². The van der Waals surface area contributed by atoms with Gasteiger partial charge in [0.1, 0.15) is 0 Å². The molecule has 1 heterocycles. The molecule has 6 nitrogen and oxygen atoms in total. The zero-order chi connectivity index (χ0) is 13.8. The number of rotatable bonds is 4. The molecule has 0 bridgehead atoms. The number of ether oxygens (including phenoxy) is 1. The molecule has 1 N–H and O–H groups in total. The van der Waals surface area contributed by atoms with Crippen LogP contribution in [0.2, 0.25) is 0 Å². The van der Waals surface area contributed by atoms with Gasteiger partial charge in [0.05, 0.1) is 0 Å². The number of hydrogen-bond acceptors (Lipinski definition) is 4. The fraction of sp³-hybridized carbons (Fsp3) is 0.500. The van der Waals surface area contributed by atoms with E-state index >= 15 is 0 Å². The average Bonchev–Trinajstić information content (AvgIpc) is 2.53. The third-order valence-electron chi connectivity index (χ3n) is 4.75. The van der Waals surface area contributed by atoms with Crippen LogP contribution in [0.15, 0.2) is 30.3 Å². The van der Waals surface area contributed by atoms with Gasteiger partial charge in [-0.25, -0.2) is 0 Å². The minimum Gasteiger partial charge on any atom is -1.00 e. The topological polar surface area (TPSA) is 68.9 Å². The molecule has 1 saturated heterocycles. The second-order valence-corrected chi connectivity index (χ2v) is 17.8. The van der Waals surface area contributed by atoms with Gasteiger partial charge in [-0.3, -0.25) is 0 Å². The van der Waals surface area contributed by atoms with Crippen LogP contribution < -0.4 is 20.0 Å². The van der Waals surface area contributed by atoms with Crippen molar-refractivity contribution in [3.05, 3.63) is 30.3 Å². The van der Waals surface area contributed by atoms with Crippen LogP contribution in [0.3, 0.4) is 0 Å². The number of nitrogens with one attached hydrogen (secondary N) is 1. The summed E-state index contributed by atoms with van der Waals surface area (Å²) in [6.07, 6.45) is 0. The van der Waals surface area contributed by atoms with E-state index < -0.39 is 14.4 Å². The third-order valence-corrected chi connectivity index (χ3v) is 18.8. The predicted molar refractivity (Wildman–Crippen MR) is 67.3 cm³/mol. The summed E-state index contributed by atoms with van der Waals surface area (Å²) >= 11 is -4.84. The number of hydrogen-bond donors (Lipinski definition) is 1. The van der Waals surface area contributed by atoms with Crippen LogP contribution in [0.1, 0.15) is 0 Å². The van der Waals surface area contributed by atoms with Crippen molar-refractivity contribution in [1.82, 2.24) is 7.12 Å². The monoisotopic (exact) mass is 353 g/mol. The third kappa shape index (κ3) is 2.51. The van der Waals surface area contributed by atoms with E-state index in [9.17, 15) is 0 Å². The Balaban J connectivity index is 0.00000200. The SMILES string of the molecule is C[O][Zn](=[N+]=N)([O]C)([c]1ccccc1)[N]1CCOCC1.[Cl-]. The quantitative estimate of drug-likeness (QED) is 0.373. The molecule has 110 valence electrons. The van der Waals surface area contributed by atoms with Crippen LogP contribution in [0, 0.1) is 5.53 Å². The Morgan fingerprint density at radius 2 is 1.70 bits per heavy atom. The first-order valence-corrected chi connectivity index (χ1v) is 13.3. The normalized spacial score (nSPS) is 15.9. The molecule has 0 radical (unpaired) electrons. The van der Waals surface area contributed by atoms with Gasteiger partial charge in [-0.15, -0.1) is 0 Å². The molecule has 20 heavy (non-hydrogen) atoms. The van der Waals surface area contributed by atoms with E-state index in [1.165, 1.54) is 0 Å². The minimum atomic E-state index is -4.84. The molecule has 1 aliphatic rings. The molecular formula is C12H20ClN3O3Zn. The van der Waals surface area contributed by atoms with Gasteiger partial charge >= 0.3 is 114 Å². The van der Waals surface area contributed by atoms with Gasteiger partial charge in [0.25, 0.3) is 0 Å². The van der Waals surface area contributed by atoms with Crippen LogP contribution in [0.5, 0.6) is 0 Å². The zero-order valence-corrected chi connectivity index (χ0v) is 15.6. The van der Waals surface area contributed by atoms with E-state index in [4.69, 9.17) is 17.4 Å². The fourth-order valence-corrected chi connectivity index (χ4v) is 14.4. The second kappa shape index (κ2) is 6.96. The van der Waals surface area contributed by atoms with Crippen molar-refractivity contribution in [1.29, 1.82) is 5.53 Å². The first-order chi connectivity index (χ1) is 9.22. The van der Waals surface area contributed by atoms with Crippen molar-refractivity contribution in [2.45, 2.75) is 0 Å². The maximum Gasteiger partial charge on any atom is -1.00 e. The summed E-state index contributed by atoms with van der Waals surface area (Å²) < 4.78 is 24.1. The minimum absolute atomic E-state index is 0. The summed E-state index contributed by atoms with van der Waals surface area (Å²) in [6, 6.07) is 9.66. The van der Waals surface area contributed by atoms with Crippen molar-refractivity contribution in [3.63, 3.8) is 0 Å². The number of nitrogens with zero attached hydrogens (tertiary/aromatic N) is 2. The summed E-state index contributed by atoms with van der Waals surface area (Å²) in [5.41, 5.74) is 7.82. The van der Waals surface area contributed by atoms with E-state index in [2.05, 4.69) is 7.12 Å². The fourth-order valence-electron chi connectivity index (χ4n) is 3.44. The first-order valence-electron chi connectivity index (χ1n) is 6.72. The molecule has 0 spiro atoms. The molecule has 0 amide bonds. The smallest absolute Gasteiger partial charge is 1.00 e. The molecule has 8 heteroatoms. The van der Waals surface area contributed by atoms with Gasteiger partial charge in [-0.2, -0.15) is 0 Å². The van der Waals surface area contributed by atoms with Gasteiger partial charge in [0.15, 0.2) is 0 Å². The summed E-state index contributed by atoms with van der Waals surface area (Å²) in [5, 5.41) is 0. The van der Waals surface area contributed by atoms with Crippen LogP contribution in [0.4, 0.5) is 0 Å². The van der Waals surface area contributed by atoms with E-state index in [0.717, 1.165) is 4.16 Å². The van der Waals surface area contributed by atoms with Crippen LogP contribution in [-0.4, -0.2) is 44.2 Å². The first kappa shape index (κ1) is 17.5. The van der Waals surface area contributed by atoms with Crippen molar-refractivity contribution >= 4 is 4.16 Å². The van der Waals surface area contributed by atoms with Crippen molar-refractivity contribution in [3.8, 4) is 0 Å². The number of halogens is 1. The molecule has 1 aliphatic heterocycles. The largest absolute Gasteiger partial charge is 1.00 e. The van der Waals surface area contributed by atoms with Crippen molar-refractivity contribution in [2.24, 2.45) is 0 Å². The van der Waals surface area contributed by atoms with Crippen molar-refractivity contribution < 1.29 is 38.6 Å². The van der Waals surface area contributed by atoms with E-state index in [1.807, 2.05) is 30.3 Å². The molecule has 0 unspecified atom stereocenters. The maximum atomic E-state index is 7.82. The van der Waals surface area contributed by atoms with Crippen molar-refractivity contribution in [2.75, 3.05) is 40.5 Å². The molecule has 2 rings (SSSR count). The molecule has 0 aromatic heterocycles. The Morgan fingerprint density at radius 1 is 1.15 bits per heavy atom. The summed E-state index contributed by atoms with van der Waals surface area (Å²) in [5.74, 6) is 0. The molecule has 0 saturated carbocycles. The Morgan fingerprint density at radius 3 is 2.15 bits per heavy atom. The standard InChI is InChI=1S/C6H5.C4H8NO.2CH3O.ClH.HN2.Zn/c1-2-4-6-5-3-1;1-3-6-4-2-5-1;2*1-2;;1-2;/h1-5H;1-4H2;2*1H3;1H;1H;/q;3*-1;;-1;+5/p-1. The molecule has 0 atom stereocenters. The maximum absolute atomic E-state index is 7.82. The van der Waals surface area contributed by atoms with Gasteiger partial charge in [0, 0.05) is 0 Å². The van der Waals surface area contributed by atoms with Crippen LogP contribution in [0.25, 0.3) is 0 Å². The number of benzene rings is 1. The van der Waals surface area contributed by atoms with Crippen LogP contribution in [-0.2, 0) is 26.2 Å². The summed E-state index contributed by atoms with van der Waals surface area (Å²) in [7, 11) is 3.19. The zero-order valence-electron chi connectivity index (χ0n) is 11.9. The second-order valence-electron chi connectivity index (χ2n) is 5.33. The van der Waals surface area contributed by atoms with E-state index in [-0.39, 0.29) is 12.4 Å². The number of morpholine rings is 1. The Bertz CT molecular complexity index is 520. The molecular weight excluding hydrogens is 335 g/mol. The summed E-state index contributed by atoms with van der Waals surface area (Å²) in [4.78, 5) is 0. The average molecular weight is 355 g/mol. The molecule has 1 aromatic rings. The molecule has 0 aliphatic carbocycles. The Hall–Kier alpha value is -0.517. The Labute approximate surface area is 126 Å². The van der Waals surface area contributed by atoms with Gasteiger partial charge in [-0.1, -0.05) is 0 Å². The predicted octanol–water partition coefficient (Wildman–Crippen LogP) is -2.34. The Kier molecular flexibility index (Phi) is 6.11. The van der Waals surface area contributed by atoms with Crippen LogP contribution >= 0.6 is 0 Å². The molecule has 1 aromatic carbocycles. The van der Waals surface area contributed by atoms with E-state index in [0.29, 0.717) is 26.3 Å². The van der Waals surface area contributed by atoms with E-state index in [1.54, 1.807) is 14.2 Å². The summed E-state index contributed by atoms with van der Waals surface area (Å²) in [6.45, 7) is 2.57. The van der Waals surface area contributed by atoms with Gasteiger partial charge < -0.3 is 12.4 Å². The molecule has 1 fully saturated rings.